The van der Waals surface area contributed by atoms with E-state index in [1.807, 2.05) is 0 Å². The van der Waals surface area contributed by atoms with E-state index in [0.29, 0.717) is 0 Å². The third kappa shape index (κ3) is 3.15. The predicted octanol–water partition coefficient (Wildman–Crippen LogP) is 4.98. The second-order valence-corrected chi connectivity index (χ2v) is 5.73. The fraction of sp³-hybridized carbons (Fsp3) is 0.118. The van der Waals surface area contributed by atoms with Crippen molar-refractivity contribution in [2.24, 2.45) is 0 Å². The molecule has 0 saturated carbocycles. The molecular weight excluding hydrogens is 357 g/mol. The first-order chi connectivity index (χ1) is 11.7. The van der Waals surface area contributed by atoms with Crippen LogP contribution in [0.4, 0.5) is 13.2 Å². The summed E-state index contributed by atoms with van der Waals surface area (Å²) in [6.45, 7) is 1.48. The zero-order chi connectivity index (χ0) is 18.4. The summed E-state index contributed by atoms with van der Waals surface area (Å²) >= 11 is 5.82. The smallest absolute Gasteiger partial charge is 0.416 e. The summed E-state index contributed by atoms with van der Waals surface area (Å²) in [7, 11) is 0. The van der Waals surface area contributed by atoms with Gasteiger partial charge in [-0.25, -0.2) is 14.8 Å². The van der Waals surface area contributed by atoms with Crippen molar-refractivity contribution in [3.63, 3.8) is 0 Å². The van der Waals surface area contributed by atoms with E-state index in [0.717, 1.165) is 12.1 Å². The van der Waals surface area contributed by atoms with E-state index in [9.17, 15) is 23.1 Å². The fourth-order valence-electron chi connectivity index (χ4n) is 2.59. The molecule has 0 aliphatic carbocycles. The van der Waals surface area contributed by atoms with Crippen molar-refractivity contribution < 1.29 is 23.1 Å². The highest BCUT2D eigenvalue weighted by molar-refractivity contribution is 6.29. The van der Waals surface area contributed by atoms with Crippen LogP contribution in [0.1, 0.15) is 21.5 Å². The number of carboxylic acid groups (broad SMARTS) is 1. The number of benzene rings is 1. The maximum atomic E-state index is 12.9. The lowest BCUT2D eigenvalue weighted by Crippen LogP contribution is -2.07. The number of hydrogen-bond donors (Lipinski definition) is 1. The van der Waals surface area contributed by atoms with Gasteiger partial charge in [0.05, 0.1) is 22.3 Å². The van der Waals surface area contributed by atoms with Gasteiger partial charge >= 0.3 is 12.1 Å². The molecular formula is C17H10ClF3N2O2. The Bertz CT molecular complexity index is 1000. The SMILES string of the molecule is Cc1c(-c2cccc(C(F)(F)F)c2)nc2ccc(Cl)nc2c1C(=O)O. The van der Waals surface area contributed by atoms with Crippen LogP contribution >= 0.6 is 11.6 Å². The maximum absolute atomic E-state index is 12.9. The molecule has 1 aromatic carbocycles. The van der Waals surface area contributed by atoms with Gasteiger partial charge < -0.3 is 5.11 Å². The number of halogens is 4. The Hall–Kier alpha value is -2.67. The Kier molecular flexibility index (Phi) is 4.12. The van der Waals surface area contributed by atoms with Crippen molar-refractivity contribution in [1.29, 1.82) is 0 Å². The predicted molar refractivity (Wildman–Crippen MR) is 86.7 cm³/mol. The van der Waals surface area contributed by atoms with Gasteiger partial charge in [0.15, 0.2) is 0 Å². The normalized spacial score (nSPS) is 11.7. The third-order valence-electron chi connectivity index (χ3n) is 3.72. The molecule has 0 spiro atoms. The Morgan fingerprint density at radius 1 is 1.16 bits per heavy atom. The molecule has 25 heavy (non-hydrogen) atoms. The van der Waals surface area contributed by atoms with Crippen molar-refractivity contribution >= 4 is 28.6 Å². The number of aromatic carboxylic acids is 1. The quantitative estimate of drug-likeness (QED) is 0.650. The number of alkyl halides is 3. The van der Waals surface area contributed by atoms with Crippen LogP contribution < -0.4 is 0 Å². The van der Waals surface area contributed by atoms with Crippen LogP contribution in [0.3, 0.4) is 0 Å². The van der Waals surface area contributed by atoms with Gasteiger partial charge in [0.1, 0.15) is 10.7 Å². The topological polar surface area (TPSA) is 63.1 Å². The minimum Gasteiger partial charge on any atom is -0.478 e. The summed E-state index contributed by atoms with van der Waals surface area (Å²) in [5, 5.41) is 9.62. The van der Waals surface area contributed by atoms with E-state index < -0.39 is 17.7 Å². The van der Waals surface area contributed by atoms with E-state index in [-0.39, 0.29) is 38.6 Å². The number of carbonyl (C=O) groups is 1. The Balaban J connectivity index is 2.33. The number of aromatic nitrogens is 2. The molecule has 0 bridgehead atoms. The molecule has 4 nitrogen and oxygen atoms in total. The van der Waals surface area contributed by atoms with Crippen molar-refractivity contribution in [3.8, 4) is 11.3 Å². The van der Waals surface area contributed by atoms with E-state index in [2.05, 4.69) is 9.97 Å². The average Bonchev–Trinajstić information content (AvgIpc) is 2.53. The Morgan fingerprint density at radius 3 is 2.52 bits per heavy atom. The number of rotatable bonds is 2. The number of carboxylic acids is 1. The summed E-state index contributed by atoms with van der Waals surface area (Å²) in [5.41, 5.74) is -0.105. The zero-order valence-corrected chi connectivity index (χ0v) is 13.5. The maximum Gasteiger partial charge on any atom is 0.416 e. The van der Waals surface area contributed by atoms with Crippen LogP contribution in [-0.2, 0) is 6.18 Å². The first-order valence-corrected chi connectivity index (χ1v) is 7.44. The number of nitrogens with zero attached hydrogens (tertiary/aromatic N) is 2. The Labute approximate surface area is 144 Å². The largest absolute Gasteiger partial charge is 0.478 e. The van der Waals surface area contributed by atoms with Crippen molar-refractivity contribution in [2.75, 3.05) is 0 Å². The minimum atomic E-state index is -4.51. The van der Waals surface area contributed by atoms with Gasteiger partial charge in [-0.1, -0.05) is 23.7 Å². The monoisotopic (exact) mass is 366 g/mol. The summed E-state index contributed by atoms with van der Waals surface area (Å²) in [6.07, 6.45) is -4.51. The van der Waals surface area contributed by atoms with Gasteiger partial charge in [-0.15, -0.1) is 0 Å². The van der Waals surface area contributed by atoms with Crippen LogP contribution in [-0.4, -0.2) is 21.0 Å². The minimum absolute atomic E-state index is 0.0909. The first-order valence-electron chi connectivity index (χ1n) is 7.06. The molecule has 1 N–H and O–H groups in total. The molecule has 0 aliphatic heterocycles. The van der Waals surface area contributed by atoms with Crippen molar-refractivity contribution in [3.05, 3.63) is 58.2 Å². The lowest BCUT2D eigenvalue weighted by Gasteiger charge is -2.13. The van der Waals surface area contributed by atoms with Crippen molar-refractivity contribution in [1.82, 2.24) is 9.97 Å². The highest BCUT2D eigenvalue weighted by Gasteiger charge is 2.31. The summed E-state index contributed by atoms with van der Waals surface area (Å²) in [5.74, 6) is -1.26. The second-order valence-electron chi connectivity index (χ2n) is 5.35. The molecule has 0 saturated heterocycles. The van der Waals surface area contributed by atoms with E-state index in [1.165, 1.54) is 31.2 Å². The van der Waals surface area contributed by atoms with Crippen LogP contribution in [0.25, 0.3) is 22.3 Å². The fourth-order valence-corrected chi connectivity index (χ4v) is 2.74. The van der Waals surface area contributed by atoms with Gasteiger partial charge in [-0.3, -0.25) is 0 Å². The lowest BCUT2D eigenvalue weighted by atomic mass is 9.99. The average molecular weight is 367 g/mol. The summed E-state index contributed by atoms with van der Waals surface area (Å²) in [6, 6.07) is 7.51. The highest BCUT2D eigenvalue weighted by Crippen LogP contribution is 2.34. The van der Waals surface area contributed by atoms with Crippen LogP contribution in [0.2, 0.25) is 5.15 Å². The molecule has 8 heteroatoms. The Morgan fingerprint density at radius 2 is 1.88 bits per heavy atom. The molecule has 0 atom stereocenters. The van der Waals surface area contributed by atoms with Gasteiger partial charge in [-0.2, -0.15) is 13.2 Å². The van der Waals surface area contributed by atoms with Gasteiger partial charge in [0.2, 0.25) is 0 Å². The van der Waals surface area contributed by atoms with Crippen LogP contribution in [0.15, 0.2) is 36.4 Å². The molecule has 0 fully saturated rings. The number of hydrogen-bond acceptors (Lipinski definition) is 3. The number of pyridine rings is 2. The van der Waals surface area contributed by atoms with E-state index in [1.54, 1.807) is 0 Å². The second kappa shape index (κ2) is 6.00. The van der Waals surface area contributed by atoms with Crippen LogP contribution in [0.5, 0.6) is 0 Å². The molecule has 128 valence electrons. The molecule has 2 aromatic heterocycles. The molecule has 0 radical (unpaired) electrons. The van der Waals surface area contributed by atoms with Gasteiger partial charge in [0, 0.05) is 5.56 Å². The first kappa shape index (κ1) is 17.2. The van der Waals surface area contributed by atoms with Gasteiger partial charge in [0.25, 0.3) is 0 Å². The van der Waals surface area contributed by atoms with Crippen LogP contribution in [0, 0.1) is 6.92 Å². The molecule has 2 heterocycles. The molecule has 3 rings (SSSR count). The summed E-state index contributed by atoms with van der Waals surface area (Å²) < 4.78 is 38.8. The molecule has 3 aromatic rings. The van der Waals surface area contributed by atoms with Gasteiger partial charge in [-0.05, 0) is 36.8 Å². The zero-order valence-electron chi connectivity index (χ0n) is 12.7. The molecule has 0 amide bonds. The third-order valence-corrected chi connectivity index (χ3v) is 3.93. The standard InChI is InChI=1S/C17H10ClF3N2O2/c1-8-13(16(24)25)15-11(5-6-12(18)23-15)22-14(8)9-3-2-4-10(7-9)17(19,20)21/h2-7H,1H3,(H,24,25). The van der Waals surface area contributed by atoms with Crippen molar-refractivity contribution in [2.45, 2.75) is 13.1 Å². The van der Waals surface area contributed by atoms with E-state index in [4.69, 9.17) is 11.6 Å². The highest BCUT2D eigenvalue weighted by atomic mass is 35.5. The molecule has 0 unspecified atom stereocenters. The molecule has 0 aliphatic rings. The lowest BCUT2D eigenvalue weighted by molar-refractivity contribution is -0.137. The summed E-state index contributed by atoms with van der Waals surface area (Å²) in [4.78, 5) is 20.0. The number of fused-ring (bicyclic) bond motifs is 1. The van der Waals surface area contributed by atoms with E-state index >= 15 is 0 Å².